The number of fused-ring (bicyclic) bond motifs is 1. The van der Waals surface area contributed by atoms with Crippen LogP contribution in [-0.4, -0.2) is 27.0 Å². The Morgan fingerprint density at radius 3 is 2.35 bits per heavy atom. The number of hydrogen-bond acceptors (Lipinski definition) is 4. The van der Waals surface area contributed by atoms with E-state index in [1.807, 2.05) is 0 Å². The van der Waals surface area contributed by atoms with Crippen molar-refractivity contribution in [1.29, 1.82) is 0 Å². The molecular weight excluding hydrogens is 294 g/mol. The van der Waals surface area contributed by atoms with Gasteiger partial charge >= 0.3 is 5.97 Å². The molecule has 0 aliphatic carbocycles. The van der Waals surface area contributed by atoms with Crippen molar-refractivity contribution in [1.82, 2.24) is 9.97 Å². The molecule has 2 aromatic carbocycles. The summed E-state index contributed by atoms with van der Waals surface area (Å²) in [7, 11) is 0. The Morgan fingerprint density at radius 1 is 1.00 bits per heavy atom. The van der Waals surface area contributed by atoms with E-state index in [0.717, 1.165) is 0 Å². The average molecular weight is 307 g/mol. The Labute approximate surface area is 131 Å². The monoisotopic (exact) mass is 307 g/mol. The number of anilines is 1. The van der Waals surface area contributed by atoms with Crippen LogP contribution in [0, 0.1) is 0 Å². The third kappa shape index (κ3) is 3.01. The number of carbonyl (C=O) groups is 2. The second kappa shape index (κ2) is 5.84. The standard InChI is InChI=1S/C17H13N3O3/c1-10(21)18-12-8-6-11(7-9-12)16-19-14-5-3-2-4-13(14)15(20-16)17(22)23/h2-9H,1H3,(H,18,21)(H,22,23). The van der Waals surface area contributed by atoms with Gasteiger partial charge in [-0.2, -0.15) is 0 Å². The van der Waals surface area contributed by atoms with Gasteiger partial charge in [0.15, 0.2) is 11.5 Å². The summed E-state index contributed by atoms with van der Waals surface area (Å²) in [5.74, 6) is -0.928. The molecule has 0 unspecified atom stereocenters. The van der Waals surface area contributed by atoms with Crippen LogP contribution in [0.15, 0.2) is 48.5 Å². The first-order valence-electron chi connectivity index (χ1n) is 6.92. The smallest absolute Gasteiger partial charge is 0.355 e. The number of amides is 1. The lowest BCUT2D eigenvalue weighted by molar-refractivity contribution is -0.114. The number of carboxylic acids is 1. The van der Waals surface area contributed by atoms with Crippen LogP contribution in [0.1, 0.15) is 17.4 Å². The number of carboxylic acid groups (broad SMARTS) is 1. The minimum Gasteiger partial charge on any atom is -0.476 e. The van der Waals surface area contributed by atoms with Crippen molar-refractivity contribution in [3.05, 3.63) is 54.2 Å². The number of rotatable bonds is 3. The summed E-state index contributed by atoms with van der Waals surface area (Å²) < 4.78 is 0. The molecular formula is C17H13N3O3. The zero-order chi connectivity index (χ0) is 16.4. The molecule has 0 saturated carbocycles. The Morgan fingerprint density at radius 2 is 1.70 bits per heavy atom. The molecule has 0 atom stereocenters. The second-order valence-corrected chi connectivity index (χ2v) is 4.98. The summed E-state index contributed by atoms with van der Waals surface area (Å²) in [6.07, 6.45) is 0. The number of hydrogen-bond donors (Lipinski definition) is 2. The van der Waals surface area contributed by atoms with E-state index in [9.17, 15) is 14.7 Å². The fourth-order valence-electron chi connectivity index (χ4n) is 2.27. The molecule has 1 amide bonds. The fraction of sp³-hybridized carbons (Fsp3) is 0.0588. The summed E-state index contributed by atoms with van der Waals surface area (Å²) in [4.78, 5) is 31.0. The van der Waals surface area contributed by atoms with E-state index in [4.69, 9.17) is 0 Å². The number of para-hydroxylation sites is 1. The van der Waals surface area contributed by atoms with Gasteiger partial charge in [-0.15, -0.1) is 0 Å². The fourth-order valence-corrected chi connectivity index (χ4v) is 2.27. The lowest BCUT2D eigenvalue weighted by atomic mass is 10.1. The third-order valence-electron chi connectivity index (χ3n) is 3.27. The summed E-state index contributed by atoms with van der Waals surface area (Å²) in [5.41, 5.74) is 1.87. The lowest BCUT2D eigenvalue weighted by Crippen LogP contribution is -2.06. The van der Waals surface area contributed by atoms with Crippen molar-refractivity contribution >= 4 is 28.5 Å². The van der Waals surface area contributed by atoms with E-state index in [1.165, 1.54) is 6.92 Å². The van der Waals surface area contributed by atoms with Gasteiger partial charge in [0.25, 0.3) is 0 Å². The Bertz CT molecular complexity index is 905. The zero-order valence-electron chi connectivity index (χ0n) is 12.3. The summed E-state index contributed by atoms with van der Waals surface area (Å²) in [6.45, 7) is 1.43. The maximum absolute atomic E-state index is 11.4. The van der Waals surface area contributed by atoms with Gasteiger partial charge in [-0.05, 0) is 30.3 Å². The molecule has 6 heteroatoms. The number of carbonyl (C=O) groups excluding carboxylic acids is 1. The summed E-state index contributed by atoms with van der Waals surface area (Å²) in [5, 5.41) is 12.5. The van der Waals surface area contributed by atoms with Gasteiger partial charge in [-0.3, -0.25) is 4.79 Å². The zero-order valence-corrected chi connectivity index (χ0v) is 12.3. The molecule has 0 aliphatic heterocycles. The summed E-state index contributed by atoms with van der Waals surface area (Å²) in [6, 6.07) is 13.9. The highest BCUT2D eigenvalue weighted by molar-refractivity contribution is 6.01. The predicted molar refractivity (Wildman–Crippen MR) is 86.2 cm³/mol. The van der Waals surface area contributed by atoms with E-state index in [-0.39, 0.29) is 11.6 Å². The number of aromatic carboxylic acids is 1. The average Bonchev–Trinajstić information content (AvgIpc) is 2.54. The van der Waals surface area contributed by atoms with Crippen molar-refractivity contribution in [2.45, 2.75) is 6.92 Å². The van der Waals surface area contributed by atoms with Crippen LogP contribution in [0.4, 0.5) is 5.69 Å². The Kier molecular flexibility index (Phi) is 3.72. The highest BCUT2D eigenvalue weighted by Crippen LogP contribution is 2.23. The molecule has 0 spiro atoms. The highest BCUT2D eigenvalue weighted by atomic mass is 16.4. The summed E-state index contributed by atoms with van der Waals surface area (Å²) >= 11 is 0. The highest BCUT2D eigenvalue weighted by Gasteiger charge is 2.14. The van der Waals surface area contributed by atoms with E-state index in [1.54, 1.807) is 48.5 Å². The van der Waals surface area contributed by atoms with Gasteiger partial charge in [-0.25, -0.2) is 14.8 Å². The molecule has 1 aromatic heterocycles. The SMILES string of the molecule is CC(=O)Nc1ccc(-c2nc(C(=O)O)c3ccccc3n2)cc1. The molecule has 0 radical (unpaired) electrons. The van der Waals surface area contributed by atoms with Crippen molar-refractivity contribution < 1.29 is 14.7 Å². The molecule has 23 heavy (non-hydrogen) atoms. The van der Waals surface area contributed by atoms with Gasteiger partial charge in [0.2, 0.25) is 5.91 Å². The molecule has 0 fully saturated rings. The van der Waals surface area contributed by atoms with Crippen LogP contribution in [0.3, 0.4) is 0 Å². The van der Waals surface area contributed by atoms with Gasteiger partial charge < -0.3 is 10.4 Å². The molecule has 0 bridgehead atoms. The maximum atomic E-state index is 11.4. The van der Waals surface area contributed by atoms with E-state index >= 15 is 0 Å². The Hall–Kier alpha value is -3.28. The third-order valence-corrected chi connectivity index (χ3v) is 3.27. The quantitative estimate of drug-likeness (QED) is 0.776. The number of benzene rings is 2. The first kappa shape index (κ1) is 14.6. The van der Waals surface area contributed by atoms with Crippen molar-refractivity contribution in [2.75, 3.05) is 5.32 Å². The van der Waals surface area contributed by atoms with E-state index < -0.39 is 5.97 Å². The van der Waals surface area contributed by atoms with Crippen LogP contribution in [0.5, 0.6) is 0 Å². The molecule has 2 N–H and O–H groups in total. The van der Waals surface area contributed by atoms with Crippen LogP contribution in [0.25, 0.3) is 22.3 Å². The minimum atomic E-state index is -1.10. The minimum absolute atomic E-state index is 0.0310. The molecule has 0 aliphatic rings. The van der Waals surface area contributed by atoms with Crippen LogP contribution < -0.4 is 5.32 Å². The first-order chi connectivity index (χ1) is 11.0. The first-order valence-corrected chi connectivity index (χ1v) is 6.92. The van der Waals surface area contributed by atoms with Crippen molar-refractivity contribution in [2.24, 2.45) is 0 Å². The largest absolute Gasteiger partial charge is 0.476 e. The van der Waals surface area contributed by atoms with Crippen molar-refractivity contribution in [3.8, 4) is 11.4 Å². The molecule has 6 nitrogen and oxygen atoms in total. The molecule has 3 rings (SSSR count). The lowest BCUT2D eigenvalue weighted by Gasteiger charge is -2.07. The van der Waals surface area contributed by atoms with Gasteiger partial charge in [0.1, 0.15) is 0 Å². The molecule has 3 aromatic rings. The van der Waals surface area contributed by atoms with E-state index in [0.29, 0.717) is 28.0 Å². The number of nitrogens with one attached hydrogen (secondary N) is 1. The normalized spacial score (nSPS) is 10.5. The van der Waals surface area contributed by atoms with Crippen LogP contribution in [-0.2, 0) is 4.79 Å². The van der Waals surface area contributed by atoms with Crippen LogP contribution >= 0.6 is 0 Å². The van der Waals surface area contributed by atoms with Crippen molar-refractivity contribution in [3.63, 3.8) is 0 Å². The van der Waals surface area contributed by atoms with Crippen LogP contribution in [0.2, 0.25) is 0 Å². The topological polar surface area (TPSA) is 92.2 Å². The number of nitrogens with zero attached hydrogens (tertiary/aromatic N) is 2. The van der Waals surface area contributed by atoms with Gasteiger partial charge in [0.05, 0.1) is 5.52 Å². The van der Waals surface area contributed by atoms with Gasteiger partial charge in [-0.1, -0.05) is 18.2 Å². The predicted octanol–water partition coefficient (Wildman–Crippen LogP) is 2.95. The molecule has 114 valence electrons. The number of aromatic nitrogens is 2. The molecule has 1 heterocycles. The van der Waals surface area contributed by atoms with E-state index in [2.05, 4.69) is 15.3 Å². The maximum Gasteiger partial charge on any atom is 0.355 e. The Balaban J connectivity index is 2.09. The van der Waals surface area contributed by atoms with Gasteiger partial charge in [0, 0.05) is 23.6 Å². The molecule has 0 saturated heterocycles. The second-order valence-electron chi connectivity index (χ2n) is 4.98.